The SMILES string of the molecule is O=C(NCc1ccccc1)C(c1ccc(F)cc1)N(CCN1CCOCC1)C(=O)Cn1nnc2ccccc21. The number of para-hydroxylation sites is 1. The van der Waals surface area contributed by atoms with Crippen LogP contribution < -0.4 is 5.32 Å². The smallest absolute Gasteiger partial charge is 0.247 e. The molecule has 0 spiro atoms. The van der Waals surface area contributed by atoms with E-state index >= 15 is 0 Å². The molecule has 1 fully saturated rings. The van der Waals surface area contributed by atoms with Gasteiger partial charge in [0.05, 0.1) is 18.7 Å². The van der Waals surface area contributed by atoms with E-state index in [9.17, 15) is 14.0 Å². The fraction of sp³-hybridized carbons (Fsp3) is 0.310. The number of rotatable bonds is 10. The zero-order valence-corrected chi connectivity index (χ0v) is 21.6. The van der Waals surface area contributed by atoms with Gasteiger partial charge in [-0.3, -0.25) is 14.5 Å². The van der Waals surface area contributed by atoms with Gasteiger partial charge in [-0.1, -0.05) is 59.8 Å². The van der Waals surface area contributed by atoms with Crippen molar-refractivity contribution in [1.82, 2.24) is 30.1 Å². The van der Waals surface area contributed by atoms with Crippen molar-refractivity contribution >= 4 is 22.8 Å². The minimum Gasteiger partial charge on any atom is -0.379 e. The average molecular weight is 531 g/mol. The predicted molar refractivity (Wildman–Crippen MR) is 144 cm³/mol. The third-order valence-corrected chi connectivity index (χ3v) is 6.84. The molecule has 1 atom stereocenters. The van der Waals surface area contributed by atoms with Crippen LogP contribution in [-0.4, -0.2) is 76.0 Å². The van der Waals surface area contributed by atoms with E-state index in [1.807, 2.05) is 54.6 Å². The molecule has 0 bridgehead atoms. The molecule has 39 heavy (non-hydrogen) atoms. The highest BCUT2D eigenvalue weighted by Gasteiger charge is 2.32. The van der Waals surface area contributed by atoms with Crippen LogP contribution in [0.5, 0.6) is 0 Å². The first-order valence-corrected chi connectivity index (χ1v) is 13.0. The van der Waals surface area contributed by atoms with Crippen LogP contribution in [0.15, 0.2) is 78.9 Å². The summed E-state index contributed by atoms with van der Waals surface area (Å²) in [5, 5.41) is 11.3. The van der Waals surface area contributed by atoms with Gasteiger partial charge in [0.25, 0.3) is 0 Å². The molecule has 1 unspecified atom stereocenters. The number of nitrogens with one attached hydrogen (secondary N) is 1. The van der Waals surface area contributed by atoms with Gasteiger partial charge in [-0.2, -0.15) is 0 Å². The molecule has 0 aliphatic carbocycles. The maximum atomic E-state index is 13.9. The Kier molecular flexibility index (Phi) is 8.55. The molecule has 0 saturated carbocycles. The van der Waals surface area contributed by atoms with E-state index in [1.54, 1.807) is 21.7 Å². The van der Waals surface area contributed by atoms with Crippen molar-refractivity contribution in [1.29, 1.82) is 0 Å². The second-order valence-corrected chi connectivity index (χ2v) is 9.43. The first-order valence-electron chi connectivity index (χ1n) is 13.0. The van der Waals surface area contributed by atoms with E-state index in [-0.39, 0.29) is 18.4 Å². The van der Waals surface area contributed by atoms with Gasteiger partial charge >= 0.3 is 0 Å². The van der Waals surface area contributed by atoms with Gasteiger partial charge in [0.15, 0.2) is 0 Å². The molecule has 1 aliphatic rings. The molecule has 9 nitrogen and oxygen atoms in total. The third kappa shape index (κ3) is 6.65. The molecule has 1 saturated heterocycles. The number of hydrogen-bond donors (Lipinski definition) is 1. The van der Waals surface area contributed by atoms with Gasteiger partial charge in [0.2, 0.25) is 11.8 Å². The largest absolute Gasteiger partial charge is 0.379 e. The van der Waals surface area contributed by atoms with E-state index in [2.05, 4.69) is 20.5 Å². The molecule has 202 valence electrons. The normalized spacial score (nSPS) is 14.7. The van der Waals surface area contributed by atoms with Crippen molar-refractivity contribution in [3.8, 4) is 0 Å². The Hall–Kier alpha value is -4.15. The number of benzene rings is 3. The van der Waals surface area contributed by atoms with Crippen LogP contribution in [0.1, 0.15) is 17.2 Å². The van der Waals surface area contributed by atoms with Crippen molar-refractivity contribution in [3.63, 3.8) is 0 Å². The Morgan fingerprint density at radius 3 is 2.46 bits per heavy atom. The fourth-order valence-corrected chi connectivity index (χ4v) is 4.72. The minimum atomic E-state index is -0.961. The number of carbonyl (C=O) groups excluding carboxylic acids is 2. The summed E-state index contributed by atoms with van der Waals surface area (Å²) in [5.41, 5.74) is 2.87. The summed E-state index contributed by atoms with van der Waals surface area (Å²) in [6.45, 7) is 3.82. The zero-order chi connectivity index (χ0) is 27.0. The predicted octanol–water partition coefficient (Wildman–Crippen LogP) is 2.79. The van der Waals surface area contributed by atoms with Gasteiger partial charge in [-0.25, -0.2) is 9.07 Å². The van der Waals surface area contributed by atoms with Crippen LogP contribution in [-0.2, 0) is 27.4 Å². The van der Waals surface area contributed by atoms with E-state index in [4.69, 9.17) is 4.74 Å². The van der Waals surface area contributed by atoms with Gasteiger partial charge in [-0.05, 0) is 35.4 Å². The summed E-state index contributed by atoms with van der Waals surface area (Å²) >= 11 is 0. The van der Waals surface area contributed by atoms with Crippen molar-refractivity contribution in [2.24, 2.45) is 0 Å². The Balaban J connectivity index is 1.44. The van der Waals surface area contributed by atoms with Crippen LogP contribution in [0.25, 0.3) is 11.0 Å². The summed E-state index contributed by atoms with van der Waals surface area (Å²) in [6, 6.07) is 21.7. The topological polar surface area (TPSA) is 92.6 Å². The lowest BCUT2D eigenvalue weighted by Gasteiger charge is -2.34. The molecule has 1 aromatic heterocycles. The van der Waals surface area contributed by atoms with E-state index in [0.29, 0.717) is 43.9 Å². The van der Waals surface area contributed by atoms with Crippen molar-refractivity contribution < 1.29 is 18.7 Å². The highest BCUT2D eigenvalue weighted by molar-refractivity contribution is 5.89. The number of ether oxygens (including phenoxy) is 1. The lowest BCUT2D eigenvalue weighted by Crippen LogP contribution is -2.49. The molecule has 10 heteroatoms. The number of morpholine rings is 1. The van der Waals surface area contributed by atoms with E-state index in [0.717, 1.165) is 24.2 Å². The quantitative estimate of drug-likeness (QED) is 0.339. The Labute approximate surface area is 226 Å². The summed E-state index contributed by atoms with van der Waals surface area (Å²) in [4.78, 5) is 31.4. The number of amides is 2. The minimum absolute atomic E-state index is 0.0900. The van der Waals surface area contributed by atoms with Crippen molar-refractivity contribution in [2.45, 2.75) is 19.1 Å². The zero-order valence-electron chi connectivity index (χ0n) is 21.6. The first kappa shape index (κ1) is 26.5. The van der Waals surface area contributed by atoms with Crippen molar-refractivity contribution in [2.75, 3.05) is 39.4 Å². The molecule has 1 aliphatic heterocycles. The average Bonchev–Trinajstić information content (AvgIpc) is 3.38. The van der Waals surface area contributed by atoms with Gasteiger partial charge < -0.3 is 15.0 Å². The highest BCUT2D eigenvalue weighted by atomic mass is 19.1. The molecule has 2 amide bonds. The standard InChI is InChI=1S/C29H31FN6O3/c30-24-12-10-23(11-13-24)28(29(38)31-20-22-6-2-1-3-7-22)35(15-14-34-16-18-39-19-17-34)27(37)21-36-26-9-5-4-8-25(26)32-33-36/h1-13,28H,14-21H2,(H,31,38). The number of halogens is 1. The van der Waals surface area contributed by atoms with E-state index in [1.165, 1.54) is 12.1 Å². The number of aromatic nitrogens is 3. The van der Waals surface area contributed by atoms with Crippen LogP contribution in [0.2, 0.25) is 0 Å². The number of hydrogen-bond acceptors (Lipinski definition) is 6. The molecule has 3 aromatic carbocycles. The summed E-state index contributed by atoms with van der Waals surface area (Å²) in [7, 11) is 0. The second-order valence-electron chi connectivity index (χ2n) is 9.43. The summed E-state index contributed by atoms with van der Waals surface area (Å²) < 4.78 is 20.9. The first-order chi connectivity index (χ1) is 19.1. The van der Waals surface area contributed by atoms with Crippen LogP contribution in [0, 0.1) is 5.82 Å². The Morgan fingerprint density at radius 2 is 1.69 bits per heavy atom. The number of nitrogens with zero attached hydrogens (tertiary/aromatic N) is 5. The Bertz CT molecular complexity index is 1390. The summed E-state index contributed by atoms with van der Waals surface area (Å²) in [6.07, 6.45) is 0. The van der Waals surface area contributed by atoms with Crippen LogP contribution >= 0.6 is 0 Å². The molecule has 2 heterocycles. The summed E-state index contributed by atoms with van der Waals surface area (Å²) in [5.74, 6) is -1.05. The number of fused-ring (bicyclic) bond motifs is 1. The lowest BCUT2D eigenvalue weighted by atomic mass is 10.0. The van der Waals surface area contributed by atoms with E-state index < -0.39 is 11.9 Å². The molecule has 1 N–H and O–H groups in total. The van der Waals surface area contributed by atoms with Gasteiger partial charge in [0, 0.05) is 32.7 Å². The van der Waals surface area contributed by atoms with Gasteiger partial charge in [-0.15, -0.1) is 5.10 Å². The highest BCUT2D eigenvalue weighted by Crippen LogP contribution is 2.23. The molecular weight excluding hydrogens is 499 g/mol. The molecule has 0 radical (unpaired) electrons. The van der Waals surface area contributed by atoms with Gasteiger partial charge in [0.1, 0.15) is 23.9 Å². The molecule has 4 aromatic rings. The maximum Gasteiger partial charge on any atom is 0.247 e. The maximum absolute atomic E-state index is 13.9. The van der Waals surface area contributed by atoms with Crippen LogP contribution in [0.3, 0.4) is 0 Å². The molecular formula is C29H31FN6O3. The van der Waals surface area contributed by atoms with Crippen LogP contribution in [0.4, 0.5) is 4.39 Å². The monoisotopic (exact) mass is 530 g/mol. The van der Waals surface area contributed by atoms with Crippen molar-refractivity contribution in [3.05, 3.63) is 95.8 Å². The third-order valence-electron chi connectivity index (χ3n) is 6.84. The molecule has 5 rings (SSSR count). The number of carbonyl (C=O) groups is 2. The fourth-order valence-electron chi connectivity index (χ4n) is 4.72. The Morgan fingerprint density at radius 1 is 0.974 bits per heavy atom. The lowest BCUT2D eigenvalue weighted by molar-refractivity contribution is -0.142. The second kappa shape index (κ2) is 12.6.